The van der Waals surface area contributed by atoms with Crippen LogP contribution in [0.3, 0.4) is 0 Å². The number of aliphatic imine (C=N–C) groups is 1. The molecule has 160 valence electrons. The van der Waals surface area contributed by atoms with Gasteiger partial charge in [0.15, 0.2) is 0 Å². The predicted molar refractivity (Wildman–Crippen MR) is 127 cm³/mol. The highest BCUT2D eigenvalue weighted by molar-refractivity contribution is 9.10. The summed E-state index contributed by atoms with van der Waals surface area (Å²) in [4.78, 5) is 4.99. The molecule has 3 aromatic rings. The van der Waals surface area contributed by atoms with Gasteiger partial charge in [-0.05, 0) is 81.7 Å². The summed E-state index contributed by atoms with van der Waals surface area (Å²) in [5.74, 6) is 1.74. The number of phenols is 1. The van der Waals surface area contributed by atoms with Gasteiger partial charge < -0.3 is 14.6 Å². The molecule has 2 atom stereocenters. The highest BCUT2D eigenvalue weighted by atomic mass is 79.9. The monoisotopic (exact) mass is 500 g/mol. The van der Waals surface area contributed by atoms with Crippen LogP contribution < -0.4 is 14.8 Å². The molecule has 0 fully saturated rings. The molecule has 1 aliphatic rings. The minimum atomic E-state index is -0.309. The molecular weight excluding hydrogens is 480 g/mol. The third-order valence-corrected chi connectivity index (χ3v) is 6.18. The van der Waals surface area contributed by atoms with E-state index in [4.69, 9.17) is 26.1 Å². The summed E-state index contributed by atoms with van der Waals surface area (Å²) < 4.78 is 11.5. The normalized spacial score (nSPS) is 18.4. The lowest BCUT2D eigenvalue weighted by molar-refractivity contribution is 0.406. The molecule has 0 aliphatic carbocycles. The molecule has 1 aliphatic heterocycles. The van der Waals surface area contributed by atoms with Gasteiger partial charge in [-0.25, -0.2) is 0 Å². The van der Waals surface area contributed by atoms with Crippen molar-refractivity contribution in [3.05, 3.63) is 86.8 Å². The Morgan fingerprint density at radius 2 is 1.81 bits per heavy atom. The predicted octanol–water partition coefficient (Wildman–Crippen LogP) is 6.05. The van der Waals surface area contributed by atoms with E-state index in [0.717, 1.165) is 38.4 Å². The molecule has 3 aromatic carbocycles. The Bertz CT molecular complexity index is 1120. The molecule has 0 saturated heterocycles. The van der Waals surface area contributed by atoms with E-state index in [1.807, 2.05) is 42.5 Å². The largest absolute Gasteiger partial charge is 0.508 e. The zero-order valence-corrected chi connectivity index (χ0v) is 19.4. The fourth-order valence-electron chi connectivity index (χ4n) is 3.69. The number of nitrogens with one attached hydrogen (secondary N) is 1. The molecule has 0 saturated carbocycles. The molecule has 31 heavy (non-hydrogen) atoms. The Hall–Kier alpha value is -2.54. The summed E-state index contributed by atoms with van der Waals surface area (Å²) >= 11 is 9.79. The zero-order chi connectivity index (χ0) is 22.0. The highest BCUT2D eigenvalue weighted by Crippen LogP contribution is 2.37. The number of methoxy groups -OCH3 is 2. The van der Waals surface area contributed by atoms with Gasteiger partial charge in [-0.1, -0.05) is 17.7 Å². The average molecular weight is 502 g/mol. The van der Waals surface area contributed by atoms with Crippen molar-refractivity contribution in [2.75, 3.05) is 14.2 Å². The molecule has 0 unspecified atom stereocenters. The van der Waals surface area contributed by atoms with E-state index in [-0.39, 0.29) is 18.0 Å². The molecule has 0 amide bonds. The maximum Gasteiger partial charge on any atom is 0.133 e. The number of phenolic OH excluding ortho intramolecular Hbond substituents is 1. The van der Waals surface area contributed by atoms with Crippen molar-refractivity contribution in [2.45, 2.75) is 18.6 Å². The first-order chi connectivity index (χ1) is 15.0. The standard InChI is InChI=1S/C24H22BrClN2O3/c1-30-17-7-3-14(4-8-17)20-13-21(18-12-16(26)6-9-22(18)29)28-24(27-20)15-5-10-23(31-2)19(25)11-15/h3-12,21,24,28-29H,13H2,1-2H3/t21-,24+/m1/s1. The van der Waals surface area contributed by atoms with Crippen LogP contribution >= 0.6 is 27.5 Å². The van der Waals surface area contributed by atoms with Gasteiger partial charge in [-0.2, -0.15) is 0 Å². The van der Waals surface area contributed by atoms with Crippen molar-refractivity contribution in [3.8, 4) is 17.2 Å². The number of benzene rings is 3. The third kappa shape index (κ3) is 4.71. The second kappa shape index (κ2) is 9.30. The lowest BCUT2D eigenvalue weighted by Gasteiger charge is -2.31. The van der Waals surface area contributed by atoms with Crippen LogP contribution in [-0.4, -0.2) is 25.0 Å². The van der Waals surface area contributed by atoms with Gasteiger partial charge in [0.05, 0.1) is 18.7 Å². The van der Waals surface area contributed by atoms with Crippen molar-refractivity contribution in [1.29, 1.82) is 0 Å². The number of nitrogens with zero attached hydrogens (tertiary/aromatic N) is 1. The number of hydrogen-bond acceptors (Lipinski definition) is 5. The van der Waals surface area contributed by atoms with Gasteiger partial charge in [0, 0.05) is 28.8 Å². The summed E-state index contributed by atoms with van der Waals surface area (Å²) in [5, 5.41) is 14.6. The molecule has 0 spiro atoms. The van der Waals surface area contributed by atoms with Gasteiger partial charge in [-0.3, -0.25) is 10.3 Å². The minimum absolute atomic E-state index is 0.167. The van der Waals surface area contributed by atoms with Gasteiger partial charge in [-0.15, -0.1) is 0 Å². The van der Waals surface area contributed by atoms with E-state index in [0.29, 0.717) is 11.4 Å². The molecule has 2 N–H and O–H groups in total. The Kier molecular flexibility index (Phi) is 6.51. The molecule has 5 nitrogen and oxygen atoms in total. The molecule has 0 bridgehead atoms. The number of halogens is 2. The van der Waals surface area contributed by atoms with Crippen molar-refractivity contribution in [2.24, 2.45) is 4.99 Å². The van der Waals surface area contributed by atoms with E-state index in [9.17, 15) is 5.11 Å². The van der Waals surface area contributed by atoms with Crippen LogP contribution in [0.2, 0.25) is 5.02 Å². The van der Waals surface area contributed by atoms with Gasteiger partial charge >= 0.3 is 0 Å². The molecule has 1 heterocycles. The molecule has 7 heteroatoms. The fourth-order valence-corrected chi connectivity index (χ4v) is 4.43. The summed E-state index contributed by atoms with van der Waals surface area (Å²) in [5.41, 5.74) is 3.66. The minimum Gasteiger partial charge on any atom is -0.508 e. The smallest absolute Gasteiger partial charge is 0.133 e. The van der Waals surface area contributed by atoms with E-state index < -0.39 is 0 Å². The van der Waals surface area contributed by atoms with Crippen molar-refractivity contribution < 1.29 is 14.6 Å². The Balaban J connectivity index is 1.76. The summed E-state index contributed by atoms with van der Waals surface area (Å²) in [6.45, 7) is 0. The second-order valence-electron chi connectivity index (χ2n) is 7.23. The summed E-state index contributed by atoms with van der Waals surface area (Å²) in [6, 6.07) is 18.7. The highest BCUT2D eigenvalue weighted by Gasteiger charge is 2.28. The number of hydrogen-bond donors (Lipinski definition) is 2. The third-order valence-electron chi connectivity index (χ3n) is 5.32. The van der Waals surface area contributed by atoms with Gasteiger partial charge in [0.1, 0.15) is 23.4 Å². The first kappa shape index (κ1) is 21.7. The number of aromatic hydroxyl groups is 1. The Morgan fingerprint density at radius 1 is 1.03 bits per heavy atom. The van der Waals surface area contributed by atoms with Crippen LogP contribution in [0.5, 0.6) is 17.2 Å². The summed E-state index contributed by atoms with van der Waals surface area (Å²) in [6.07, 6.45) is 0.296. The molecule has 4 rings (SSSR count). The van der Waals surface area contributed by atoms with E-state index in [2.05, 4.69) is 21.2 Å². The van der Waals surface area contributed by atoms with E-state index >= 15 is 0 Å². The molecule has 0 radical (unpaired) electrons. The van der Waals surface area contributed by atoms with Crippen LogP contribution in [0.25, 0.3) is 0 Å². The van der Waals surface area contributed by atoms with Crippen LogP contribution in [0.1, 0.15) is 35.3 Å². The van der Waals surface area contributed by atoms with Gasteiger partial charge in [0.2, 0.25) is 0 Å². The van der Waals surface area contributed by atoms with Crippen LogP contribution in [0, 0.1) is 0 Å². The quantitative estimate of drug-likeness (QED) is 0.447. The van der Waals surface area contributed by atoms with Crippen molar-refractivity contribution >= 4 is 33.2 Å². The summed E-state index contributed by atoms with van der Waals surface area (Å²) in [7, 11) is 3.28. The lowest BCUT2D eigenvalue weighted by atomic mass is 9.93. The lowest BCUT2D eigenvalue weighted by Crippen LogP contribution is -2.33. The number of rotatable bonds is 5. The zero-order valence-electron chi connectivity index (χ0n) is 17.1. The fraction of sp³-hybridized carbons (Fsp3) is 0.208. The number of ether oxygens (including phenoxy) is 2. The Labute approximate surface area is 194 Å². The van der Waals surface area contributed by atoms with Crippen molar-refractivity contribution in [1.82, 2.24) is 5.32 Å². The second-order valence-corrected chi connectivity index (χ2v) is 8.52. The maximum atomic E-state index is 10.5. The topological polar surface area (TPSA) is 63.1 Å². The molecular formula is C24H22BrClN2O3. The van der Waals surface area contributed by atoms with Crippen molar-refractivity contribution in [3.63, 3.8) is 0 Å². The Morgan fingerprint density at radius 3 is 2.48 bits per heavy atom. The van der Waals surface area contributed by atoms with Crippen LogP contribution in [0.4, 0.5) is 0 Å². The van der Waals surface area contributed by atoms with E-state index in [1.165, 1.54) is 0 Å². The van der Waals surface area contributed by atoms with Crippen LogP contribution in [0.15, 0.2) is 70.1 Å². The van der Waals surface area contributed by atoms with Crippen LogP contribution in [-0.2, 0) is 0 Å². The average Bonchev–Trinajstić information content (AvgIpc) is 2.80. The molecule has 0 aromatic heterocycles. The van der Waals surface area contributed by atoms with Gasteiger partial charge in [0.25, 0.3) is 0 Å². The SMILES string of the molecule is COc1ccc(C2=N[C@H](c3ccc(OC)c(Br)c3)N[C@@H](c3cc(Cl)ccc3O)C2)cc1. The maximum absolute atomic E-state index is 10.5. The van der Waals surface area contributed by atoms with E-state index in [1.54, 1.807) is 32.4 Å². The first-order valence-electron chi connectivity index (χ1n) is 9.77. The first-order valence-corrected chi connectivity index (χ1v) is 10.9.